The van der Waals surface area contributed by atoms with Gasteiger partial charge in [-0.15, -0.1) is 17.5 Å². The van der Waals surface area contributed by atoms with Gasteiger partial charge in [0.25, 0.3) is 0 Å². The first-order chi connectivity index (χ1) is 10.7. The predicted molar refractivity (Wildman–Crippen MR) is 96.0 cm³/mol. The molecule has 1 aliphatic heterocycles. The van der Waals surface area contributed by atoms with Crippen molar-refractivity contribution in [2.45, 2.75) is 25.4 Å². The molecule has 3 rings (SSSR count). The first kappa shape index (κ1) is 18.5. The molecule has 1 fully saturated rings. The summed E-state index contributed by atoms with van der Waals surface area (Å²) in [4.78, 5) is 2.40. The standard InChI is InChI=1S/C15H19Cl2N5.ClH/c1-18-11-4-3-7-21(8-11)9-12-10-22(20-19-12)14-6-2-5-13(16)15(14)17;/h2,5-6,10-11,18H,3-4,7-9H2,1H3;1H. The van der Waals surface area contributed by atoms with Crippen molar-refractivity contribution >= 4 is 35.6 Å². The van der Waals surface area contributed by atoms with Gasteiger partial charge in [0.1, 0.15) is 0 Å². The number of aromatic nitrogens is 3. The Bertz CT molecular complexity index is 646. The number of rotatable bonds is 4. The molecule has 0 bridgehead atoms. The fourth-order valence-corrected chi connectivity index (χ4v) is 3.20. The molecular weight excluding hydrogens is 357 g/mol. The van der Waals surface area contributed by atoms with E-state index < -0.39 is 0 Å². The summed E-state index contributed by atoms with van der Waals surface area (Å²) in [6.07, 6.45) is 4.36. The average Bonchev–Trinajstić information content (AvgIpc) is 2.98. The number of hydrogen-bond acceptors (Lipinski definition) is 4. The molecular formula is C15H20Cl3N5. The minimum atomic E-state index is 0. The Morgan fingerprint density at radius 1 is 1.35 bits per heavy atom. The van der Waals surface area contributed by atoms with Crippen LogP contribution in [0.25, 0.3) is 5.69 Å². The fourth-order valence-electron chi connectivity index (χ4n) is 2.82. The first-order valence-corrected chi connectivity index (χ1v) is 8.18. The van der Waals surface area contributed by atoms with Crippen LogP contribution in [0.4, 0.5) is 0 Å². The van der Waals surface area contributed by atoms with E-state index in [1.165, 1.54) is 12.8 Å². The van der Waals surface area contributed by atoms with E-state index in [-0.39, 0.29) is 12.4 Å². The van der Waals surface area contributed by atoms with Crippen LogP contribution in [0.1, 0.15) is 18.5 Å². The van der Waals surface area contributed by atoms with Crippen molar-refractivity contribution < 1.29 is 0 Å². The Morgan fingerprint density at radius 2 is 2.17 bits per heavy atom. The van der Waals surface area contributed by atoms with Crippen molar-refractivity contribution in [1.82, 2.24) is 25.2 Å². The summed E-state index contributed by atoms with van der Waals surface area (Å²) in [7, 11) is 2.02. The predicted octanol–water partition coefficient (Wildman–Crippen LogP) is 3.18. The number of likely N-dealkylation sites (tertiary alicyclic amines) is 1. The van der Waals surface area contributed by atoms with E-state index in [4.69, 9.17) is 23.2 Å². The van der Waals surface area contributed by atoms with Crippen molar-refractivity contribution in [3.8, 4) is 5.69 Å². The van der Waals surface area contributed by atoms with Crippen LogP contribution in [-0.4, -0.2) is 46.1 Å². The number of likely N-dealkylation sites (N-methyl/N-ethyl adjacent to an activating group) is 1. The number of nitrogens with zero attached hydrogens (tertiary/aromatic N) is 4. The van der Waals surface area contributed by atoms with Gasteiger partial charge >= 0.3 is 0 Å². The highest BCUT2D eigenvalue weighted by Gasteiger charge is 2.19. The molecule has 1 saturated heterocycles. The first-order valence-electron chi connectivity index (χ1n) is 7.42. The number of benzene rings is 1. The lowest BCUT2D eigenvalue weighted by atomic mass is 10.1. The maximum absolute atomic E-state index is 6.23. The topological polar surface area (TPSA) is 46.0 Å². The Balaban J connectivity index is 0.00000192. The van der Waals surface area contributed by atoms with Gasteiger partial charge in [-0.1, -0.05) is 34.5 Å². The molecule has 1 unspecified atom stereocenters. The molecule has 2 heterocycles. The summed E-state index contributed by atoms with van der Waals surface area (Å²) in [6, 6.07) is 6.06. The van der Waals surface area contributed by atoms with E-state index in [9.17, 15) is 0 Å². The van der Waals surface area contributed by atoms with Gasteiger partial charge < -0.3 is 5.32 Å². The monoisotopic (exact) mass is 375 g/mol. The highest BCUT2D eigenvalue weighted by atomic mass is 35.5. The zero-order valence-corrected chi connectivity index (χ0v) is 15.2. The third-order valence-corrected chi connectivity index (χ3v) is 4.83. The van der Waals surface area contributed by atoms with Crippen LogP contribution in [0.15, 0.2) is 24.4 Å². The zero-order valence-electron chi connectivity index (χ0n) is 12.9. The van der Waals surface area contributed by atoms with Crippen LogP contribution in [0.3, 0.4) is 0 Å². The second-order valence-electron chi connectivity index (χ2n) is 5.59. The lowest BCUT2D eigenvalue weighted by molar-refractivity contribution is 0.186. The van der Waals surface area contributed by atoms with Gasteiger partial charge in [0.2, 0.25) is 0 Å². The Labute approximate surface area is 152 Å². The molecule has 8 heteroatoms. The smallest absolute Gasteiger partial charge is 0.0971 e. The molecule has 1 N–H and O–H groups in total. The van der Waals surface area contributed by atoms with E-state index in [1.807, 2.05) is 25.4 Å². The summed E-state index contributed by atoms with van der Waals surface area (Å²) in [5.74, 6) is 0. The van der Waals surface area contributed by atoms with E-state index in [1.54, 1.807) is 10.7 Å². The molecule has 0 radical (unpaired) electrons. The molecule has 1 aromatic carbocycles. The minimum absolute atomic E-state index is 0. The quantitative estimate of drug-likeness (QED) is 0.890. The summed E-state index contributed by atoms with van der Waals surface area (Å²) in [5.41, 5.74) is 1.69. The summed E-state index contributed by atoms with van der Waals surface area (Å²) >= 11 is 12.3. The van der Waals surface area contributed by atoms with Gasteiger partial charge in [0.15, 0.2) is 0 Å². The van der Waals surface area contributed by atoms with Crippen LogP contribution in [0, 0.1) is 0 Å². The molecule has 5 nitrogen and oxygen atoms in total. The molecule has 0 spiro atoms. The summed E-state index contributed by atoms with van der Waals surface area (Å²) in [5, 5.41) is 12.8. The van der Waals surface area contributed by atoms with E-state index in [0.29, 0.717) is 16.1 Å². The lowest BCUT2D eigenvalue weighted by Gasteiger charge is -2.31. The van der Waals surface area contributed by atoms with Crippen molar-refractivity contribution in [1.29, 1.82) is 0 Å². The van der Waals surface area contributed by atoms with Gasteiger partial charge in [-0.05, 0) is 38.6 Å². The molecule has 2 aromatic rings. The third kappa shape index (κ3) is 4.37. The van der Waals surface area contributed by atoms with Crippen LogP contribution in [0.5, 0.6) is 0 Å². The number of hydrogen-bond donors (Lipinski definition) is 1. The van der Waals surface area contributed by atoms with Crippen molar-refractivity contribution in [2.24, 2.45) is 0 Å². The Morgan fingerprint density at radius 3 is 2.96 bits per heavy atom. The van der Waals surface area contributed by atoms with E-state index in [2.05, 4.69) is 20.5 Å². The van der Waals surface area contributed by atoms with Crippen molar-refractivity contribution in [3.63, 3.8) is 0 Å². The van der Waals surface area contributed by atoms with Gasteiger partial charge in [-0.3, -0.25) is 4.90 Å². The van der Waals surface area contributed by atoms with Crippen LogP contribution < -0.4 is 5.32 Å². The molecule has 0 saturated carbocycles. The normalized spacial score (nSPS) is 18.7. The molecule has 0 aliphatic carbocycles. The number of nitrogens with one attached hydrogen (secondary N) is 1. The molecule has 1 aromatic heterocycles. The highest BCUT2D eigenvalue weighted by Crippen LogP contribution is 2.28. The molecule has 1 atom stereocenters. The second-order valence-corrected chi connectivity index (χ2v) is 6.38. The fraction of sp³-hybridized carbons (Fsp3) is 0.467. The Hall–Kier alpha value is -0.850. The van der Waals surface area contributed by atoms with Crippen molar-refractivity contribution in [3.05, 3.63) is 40.1 Å². The highest BCUT2D eigenvalue weighted by molar-refractivity contribution is 6.43. The Kier molecular flexibility index (Phi) is 6.68. The second kappa shape index (κ2) is 8.31. The van der Waals surface area contributed by atoms with E-state index in [0.717, 1.165) is 31.0 Å². The number of halogens is 3. The molecule has 23 heavy (non-hydrogen) atoms. The maximum Gasteiger partial charge on any atom is 0.0971 e. The summed E-state index contributed by atoms with van der Waals surface area (Å²) < 4.78 is 1.68. The third-order valence-electron chi connectivity index (χ3n) is 4.02. The van der Waals surface area contributed by atoms with Crippen LogP contribution >= 0.6 is 35.6 Å². The molecule has 0 amide bonds. The van der Waals surface area contributed by atoms with Gasteiger partial charge in [0.05, 0.1) is 27.6 Å². The lowest BCUT2D eigenvalue weighted by Crippen LogP contribution is -2.43. The molecule has 1 aliphatic rings. The maximum atomic E-state index is 6.23. The SMILES string of the molecule is CNC1CCCN(Cc2cn(-c3cccc(Cl)c3Cl)nn2)C1.Cl. The number of piperidine rings is 1. The molecule has 126 valence electrons. The van der Waals surface area contributed by atoms with Crippen LogP contribution in [-0.2, 0) is 6.54 Å². The van der Waals surface area contributed by atoms with Gasteiger partial charge in [-0.2, -0.15) is 0 Å². The van der Waals surface area contributed by atoms with Gasteiger partial charge in [0, 0.05) is 19.1 Å². The largest absolute Gasteiger partial charge is 0.316 e. The van der Waals surface area contributed by atoms with Crippen LogP contribution in [0.2, 0.25) is 10.0 Å². The van der Waals surface area contributed by atoms with Crippen molar-refractivity contribution in [2.75, 3.05) is 20.1 Å². The minimum Gasteiger partial charge on any atom is -0.316 e. The van der Waals surface area contributed by atoms with Gasteiger partial charge in [-0.25, -0.2) is 4.68 Å². The van der Waals surface area contributed by atoms with E-state index >= 15 is 0 Å². The average molecular weight is 377 g/mol. The summed E-state index contributed by atoms with van der Waals surface area (Å²) in [6.45, 7) is 2.95. The zero-order chi connectivity index (χ0) is 15.5.